The lowest BCUT2D eigenvalue weighted by atomic mass is 10.2. The summed E-state index contributed by atoms with van der Waals surface area (Å²) < 4.78 is 5.05. The zero-order valence-corrected chi connectivity index (χ0v) is 9.66. The van der Waals surface area contributed by atoms with Crippen LogP contribution >= 0.6 is 0 Å². The van der Waals surface area contributed by atoms with E-state index in [-0.39, 0.29) is 18.1 Å². The van der Waals surface area contributed by atoms with E-state index in [0.717, 1.165) is 5.56 Å². The quantitative estimate of drug-likeness (QED) is 0.790. The molecule has 1 aromatic carbocycles. The van der Waals surface area contributed by atoms with Gasteiger partial charge >= 0.3 is 0 Å². The van der Waals surface area contributed by atoms with Crippen molar-refractivity contribution in [3.8, 4) is 5.75 Å². The monoisotopic (exact) mass is 221 g/mol. The predicted octanol–water partition coefficient (Wildman–Crippen LogP) is 1.92. The van der Waals surface area contributed by atoms with Crippen LogP contribution in [0.25, 0.3) is 0 Å². The Morgan fingerprint density at radius 2 is 2.06 bits per heavy atom. The van der Waals surface area contributed by atoms with Crippen LogP contribution in [0.5, 0.6) is 5.75 Å². The van der Waals surface area contributed by atoms with E-state index in [1.807, 2.05) is 19.1 Å². The van der Waals surface area contributed by atoms with Gasteiger partial charge in [0.15, 0.2) is 0 Å². The summed E-state index contributed by atoms with van der Waals surface area (Å²) in [5.74, 6) is 0.214. The number of carbonyl (C=O) groups excluding carboxylic acids is 2. The van der Waals surface area contributed by atoms with Crippen LogP contribution in [0.15, 0.2) is 18.2 Å². The van der Waals surface area contributed by atoms with Crippen LogP contribution < -0.4 is 10.1 Å². The molecule has 0 saturated carbocycles. The van der Waals surface area contributed by atoms with Crippen molar-refractivity contribution in [3.63, 3.8) is 0 Å². The molecule has 0 aliphatic carbocycles. The third-order valence-corrected chi connectivity index (χ3v) is 2.13. The highest BCUT2D eigenvalue weighted by molar-refractivity contribution is 6.03. The van der Waals surface area contributed by atoms with Crippen LogP contribution in [-0.2, 0) is 9.59 Å². The normalized spacial score (nSPS) is 9.69. The summed E-state index contributed by atoms with van der Waals surface area (Å²) in [5.41, 5.74) is 1.60. The number of ether oxygens (including phenoxy) is 1. The van der Waals surface area contributed by atoms with Crippen molar-refractivity contribution < 1.29 is 14.3 Å². The number of benzene rings is 1. The average Bonchev–Trinajstić information content (AvgIpc) is 2.20. The Labute approximate surface area is 94.6 Å². The van der Waals surface area contributed by atoms with E-state index in [9.17, 15) is 9.59 Å². The molecule has 4 nitrogen and oxygen atoms in total. The Morgan fingerprint density at radius 1 is 1.38 bits per heavy atom. The third-order valence-electron chi connectivity index (χ3n) is 2.13. The molecule has 4 heteroatoms. The molecule has 1 rings (SSSR count). The Kier molecular flexibility index (Phi) is 4.05. The van der Waals surface area contributed by atoms with Crippen molar-refractivity contribution in [2.24, 2.45) is 0 Å². The zero-order valence-electron chi connectivity index (χ0n) is 9.66. The molecule has 0 atom stereocenters. The summed E-state index contributed by atoms with van der Waals surface area (Å²) in [7, 11) is 1.56. The van der Waals surface area contributed by atoms with Gasteiger partial charge in [-0.25, -0.2) is 0 Å². The number of Topliss-reactive ketones (excluding diaryl/α,β-unsaturated/α-hetero) is 1. The molecule has 0 fully saturated rings. The van der Waals surface area contributed by atoms with Crippen LogP contribution in [0, 0.1) is 6.92 Å². The lowest BCUT2D eigenvalue weighted by Crippen LogP contribution is -2.15. The first-order valence-corrected chi connectivity index (χ1v) is 4.97. The molecule has 0 aliphatic heterocycles. The maximum absolute atomic E-state index is 11.4. The summed E-state index contributed by atoms with van der Waals surface area (Å²) in [5, 5.41) is 2.68. The molecule has 0 unspecified atom stereocenters. The molecule has 0 aromatic heterocycles. The number of anilines is 1. The fourth-order valence-electron chi connectivity index (χ4n) is 1.28. The largest absolute Gasteiger partial charge is 0.497 e. The smallest absolute Gasteiger partial charge is 0.231 e. The molecule has 0 aliphatic rings. The second-order valence-corrected chi connectivity index (χ2v) is 3.61. The second kappa shape index (κ2) is 5.30. The number of rotatable bonds is 4. The first kappa shape index (κ1) is 12.2. The van der Waals surface area contributed by atoms with Crippen LogP contribution in [0.1, 0.15) is 18.9 Å². The molecular weight excluding hydrogens is 206 g/mol. The highest BCUT2D eigenvalue weighted by Crippen LogP contribution is 2.21. The van der Waals surface area contributed by atoms with Gasteiger partial charge in [-0.15, -0.1) is 0 Å². The zero-order chi connectivity index (χ0) is 12.1. The van der Waals surface area contributed by atoms with Gasteiger partial charge < -0.3 is 10.1 Å². The van der Waals surface area contributed by atoms with E-state index in [0.29, 0.717) is 11.4 Å². The van der Waals surface area contributed by atoms with E-state index < -0.39 is 0 Å². The maximum atomic E-state index is 11.4. The SMILES string of the molecule is COc1ccc(C)c(NC(=O)CC(C)=O)c1. The van der Waals surface area contributed by atoms with Crippen molar-refractivity contribution in [2.45, 2.75) is 20.3 Å². The van der Waals surface area contributed by atoms with Gasteiger partial charge in [0.2, 0.25) is 5.91 Å². The van der Waals surface area contributed by atoms with Crippen molar-refractivity contribution >= 4 is 17.4 Å². The Balaban J connectivity index is 2.79. The highest BCUT2D eigenvalue weighted by Gasteiger charge is 2.07. The summed E-state index contributed by atoms with van der Waals surface area (Å²) >= 11 is 0. The third kappa shape index (κ3) is 3.38. The van der Waals surface area contributed by atoms with Crippen LogP contribution in [-0.4, -0.2) is 18.8 Å². The Morgan fingerprint density at radius 3 is 2.62 bits per heavy atom. The fraction of sp³-hybridized carbons (Fsp3) is 0.333. The molecule has 1 aromatic rings. The lowest BCUT2D eigenvalue weighted by Gasteiger charge is -2.09. The van der Waals surface area contributed by atoms with Gasteiger partial charge in [-0.2, -0.15) is 0 Å². The molecule has 1 N–H and O–H groups in total. The van der Waals surface area contributed by atoms with E-state index in [4.69, 9.17) is 4.74 Å². The average molecular weight is 221 g/mol. The van der Waals surface area contributed by atoms with E-state index in [1.165, 1.54) is 6.92 Å². The number of ketones is 1. The maximum Gasteiger partial charge on any atom is 0.231 e. The molecule has 0 saturated heterocycles. The van der Waals surface area contributed by atoms with Gasteiger partial charge in [0.05, 0.1) is 13.5 Å². The molecule has 86 valence electrons. The van der Waals surface area contributed by atoms with Crippen LogP contribution in [0.2, 0.25) is 0 Å². The predicted molar refractivity (Wildman–Crippen MR) is 61.7 cm³/mol. The van der Waals surface area contributed by atoms with Crippen molar-refractivity contribution in [2.75, 3.05) is 12.4 Å². The van der Waals surface area contributed by atoms with Gasteiger partial charge in [-0.3, -0.25) is 9.59 Å². The van der Waals surface area contributed by atoms with Gasteiger partial charge in [0.25, 0.3) is 0 Å². The van der Waals surface area contributed by atoms with Gasteiger partial charge in [0, 0.05) is 11.8 Å². The number of carbonyl (C=O) groups is 2. The van der Waals surface area contributed by atoms with Crippen molar-refractivity contribution in [3.05, 3.63) is 23.8 Å². The van der Waals surface area contributed by atoms with Crippen LogP contribution in [0.3, 0.4) is 0 Å². The Bertz CT molecular complexity index is 413. The standard InChI is InChI=1S/C12H15NO3/c1-8-4-5-10(16-3)7-11(8)13-12(15)6-9(2)14/h4-5,7H,6H2,1-3H3,(H,13,15). The van der Waals surface area contributed by atoms with Crippen LogP contribution in [0.4, 0.5) is 5.69 Å². The minimum absolute atomic E-state index is 0.101. The molecule has 1 amide bonds. The Hall–Kier alpha value is -1.84. The summed E-state index contributed by atoms with van der Waals surface area (Å²) in [6.45, 7) is 3.26. The molecular formula is C12H15NO3. The first-order chi connectivity index (χ1) is 7.52. The van der Waals surface area contributed by atoms with Crippen molar-refractivity contribution in [1.82, 2.24) is 0 Å². The number of methoxy groups -OCH3 is 1. The van der Waals surface area contributed by atoms with Gasteiger partial charge in [0.1, 0.15) is 11.5 Å². The summed E-state index contributed by atoms with van der Waals surface area (Å²) in [6, 6.07) is 5.39. The number of amides is 1. The van der Waals surface area contributed by atoms with E-state index in [1.54, 1.807) is 13.2 Å². The van der Waals surface area contributed by atoms with Gasteiger partial charge in [-0.05, 0) is 25.5 Å². The number of aryl methyl sites for hydroxylation is 1. The van der Waals surface area contributed by atoms with E-state index in [2.05, 4.69) is 5.32 Å². The summed E-state index contributed by atoms with van der Waals surface area (Å²) in [4.78, 5) is 22.2. The van der Waals surface area contributed by atoms with Gasteiger partial charge in [-0.1, -0.05) is 6.07 Å². The number of hydrogen-bond acceptors (Lipinski definition) is 3. The summed E-state index contributed by atoms with van der Waals surface area (Å²) in [6.07, 6.45) is -0.101. The molecule has 0 radical (unpaired) electrons. The minimum Gasteiger partial charge on any atom is -0.497 e. The topological polar surface area (TPSA) is 55.4 Å². The highest BCUT2D eigenvalue weighted by atomic mass is 16.5. The molecule has 0 spiro atoms. The molecule has 0 heterocycles. The lowest BCUT2D eigenvalue weighted by molar-refractivity contribution is -0.124. The molecule has 16 heavy (non-hydrogen) atoms. The van der Waals surface area contributed by atoms with E-state index >= 15 is 0 Å². The van der Waals surface area contributed by atoms with Crippen molar-refractivity contribution in [1.29, 1.82) is 0 Å². The second-order valence-electron chi connectivity index (χ2n) is 3.61. The molecule has 0 bridgehead atoms. The fourth-order valence-corrected chi connectivity index (χ4v) is 1.28. The minimum atomic E-state index is -0.302. The number of hydrogen-bond donors (Lipinski definition) is 1. The number of nitrogens with one attached hydrogen (secondary N) is 1. The first-order valence-electron chi connectivity index (χ1n) is 4.97.